The number of anilines is 1. The molecular formula is C16H16ClNO4S. The van der Waals surface area contributed by atoms with Crippen molar-refractivity contribution in [1.82, 2.24) is 0 Å². The zero-order valence-electron chi connectivity index (χ0n) is 12.5. The minimum Gasteiger partial charge on any atom is -0.469 e. The molecule has 122 valence electrons. The van der Waals surface area contributed by atoms with E-state index in [0.717, 1.165) is 5.56 Å². The average molecular weight is 354 g/mol. The summed E-state index contributed by atoms with van der Waals surface area (Å²) in [7, 11) is -2.33. The van der Waals surface area contributed by atoms with Gasteiger partial charge in [0.15, 0.2) is 0 Å². The summed E-state index contributed by atoms with van der Waals surface area (Å²) in [4.78, 5) is 11.2. The molecule has 0 saturated heterocycles. The van der Waals surface area contributed by atoms with Crippen LogP contribution in [0.2, 0.25) is 5.02 Å². The average Bonchev–Trinajstić information content (AvgIpc) is 2.55. The van der Waals surface area contributed by atoms with E-state index in [1.54, 1.807) is 36.4 Å². The van der Waals surface area contributed by atoms with Crippen LogP contribution in [0.15, 0.2) is 53.4 Å². The fourth-order valence-electron chi connectivity index (χ4n) is 1.92. The van der Waals surface area contributed by atoms with E-state index < -0.39 is 10.0 Å². The number of carbonyl (C=O) groups is 1. The number of aryl methyl sites for hydroxylation is 1. The van der Waals surface area contributed by atoms with Gasteiger partial charge in [0.05, 0.1) is 12.0 Å². The lowest BCUT2D eigenvalue weighted by molar-refractivity contribution is -0.140. The number of halogens is 1. The number of ether oxygens (including phenoxy) is 1. The second-order valence-corrected chi connectivity index (χ2v) is 6.95. The predicted octanol–water partition coefficient (Wildman–Crippen LogP) is 3.25. The summed E-state index contributed by atoms with van der Waals surface area (Å²) in [5, 5.41) is 0.530. The van der Waals surface area contributed by atoms with Gasteiger partial charge in [-0.2, -0.15) is 0 Å². The van der Waals surface area contributed by atoms with Crippen molar-refractivity contribution in [2.75, 3.05) is 11.8 Å². The Labute approximate surface area is 140 Å². The standard InChI is InChI=1S/C16H16ClNO4S/c1-22-16(19)11-4-12-2-9-15(10-3-12)23(20,21)18-14-7-5-13(17)6-8-14/h2-3,5-10,18H,4,11H2,1H3. The van der Waals surface area contributed by atoms with Gasteiger partial charge in [0.25, 0.3) is 10.0 Å². The van der Waals surface area contributed by atoms with Crippen molar-refractivity contribution in [1.29, 1.82) is 0 Å². The Balaban J connectivity index is 2.08. The molecule has 2 aromatic carbocycles. The molecule has 0 saturated carbocycles. The van der Waals surface area contributed by atoms with Crippen LogP contribution in [-0.2, 0) is 26.0 Å². The third kappa shape index (κ3) is 4.97. The molecule has 0 aliphatic carbocycles. The molecular weight excluding hydrogens is 338 g/mol. The SMILES string of the molecule is COC(=O)CCc1ccc(S(=O)(=O)Nc2ccc(Cl)cc2)cc1. The second-order valence-electron chi connectivity index (χ2n) is 4.83. The summed E-state index contributed by atoms with van der Waals surface area (Å²) in [6.07, 6.45) is 0.753. The first-order valence-electron chi connectivity index (χ1n) is 6.85. The van der Waals surface area contributed by atoms with E-state index in [2.05, 4.69) is 9.46 Å². The Morgan fingerprint density at radius 1 is 1.09 bits per heavy atom. The van der Waals surface area contributed by atoms with Crippen molar-refractivity contribution >= 4 is 33.3 Å². The van der Waals surface area contributed by atoms with Gasteiger partial charge in [-0.05, 0) is 48.4 Å². The summed E-state index contributed by atoms with van der Waals surface area (Å²) >= 11 is 5.77. The molecule has 0 bridgehead atoms. The fraction of sp³-hybridized carbons (Fsp3) is 0.188. The normalized spacial score (nSPS) is 11.0. The highest BCUT2D eigenvalue weighted by Crippen LogP contribution is 2.19. The van der Waals surface area contributed by atoms with Gasteiger partial charge in [-0.1, -0.05) is 23.7 Å². The van der Waals surface area contributed by atoms with Gasteiger partial charge in [-0.3, -0.25) is 9.52 Å². The zero-order valence-corrected chi connectivity index (χ0v) is 14.0. The third-order valence-corrected chi connectivity index (χ3v) is 4.82. The topological polar surface area (TPSA) is 72.5 Å². The van der Waals surface area contributed by atoms with Crippen LogP contribution in [-0.4, -0.2) is 21.5 Å². The van der Waals surface area contributed by atoms with Crippen LogP contribution in [0.4, 0.5) is 5.69 Å². The first-order chi connectivity index (χ1) is 10.9. The number of methoxy groups -OCH3 is 1. The van der Waals surface area contributed by atoms with Crippen molar-refractivity contribution in [2.24, 2.45) is 0 Å². The first-order valence-corrected chi connectivity index (χ1v) is 8.71. The highest BCUT2D eigenvalue weighted by Gasteiger charge is 2.14. The summed E-state index contributed by atoms with van der Waals surface area (Å²) in [6, 6.07) is 12.8. The molecule has 0 aromatic heterocycles. The van der Waals surface area contributed by atoms with Gasteiger partial charge < -0.3 is 4.74 Å². The lowest BCUT2D eigenvalue weighted by Gasteiger charge is -2.09. The first kappa shape index (κ1) is 17.3. The van der Waals surface area contributed by atoms with Gasteiger partial charge in [-0.25, -0.2) is 8.42 Å². The van der Waals surface area contributed by atoms with E-state index in [1.807, 2.05) is 0 Å². The smallest absolute Gasteiger partial charge is 0.305 e. The van der Waals surface area contributed by atoms with Crippen molar-refractivity contribution in [3.8, 4) is 0 Å². The Hall–Kier alpha value is -2.05. The maximum atomic E-state index is 12.3. The molecule has 0 atom stereocenters. The van der Waals surface area contributed by atoms with Crippen molar-refractivity contribution in [2.45, 2.75) is 17.7 Å². The van der Waals surface area contributed by atoms with E-state index in [0.29, 0.717) is 17.1 Å². The van der Waals surface area contributed by atoms with Crippen LogP contribution in [0.5, 0.6) is 0 Å². The number of esters is 1. The van der Waals surface area contributed by atoms with Gasteiger partial charge in [-0.15, -0.1) is 0 Å². The number of carbonyl (C=O) groups excluding carboxylic acids is 1. The predicted molar refractivity (Wildman–Crippen MR) is 89.0 cm³/mol. The maximum Gasteiger partial charge on any atom is 0.305 e. The van der Waals surface area contributed by atoms with E-state index >= 15 is 0 Å². The van der Waals surface area contributed by atoms with Crippen LogP contribution >= 0.6 is 11.6 Å². The highest BCUT2D eigenvalue weighted by atomic mass is 35.5. The van der Waals surface area contributed by atoms with Gasteiger partial charge >= 0.3 is 5.97 Å². The summed E-state index contributed by atoms with van der Waals surface area (Å²) in [5.74, 6) is -0.300. The van der Waals surface area contributed by atoms with E-state index in [1.165, 1.54) is 19.2 Å². The molecule has 0 aliphatic rings. The van der Waals surface area contributed by atoms with Gasteiger partial charge in [0.1, 0.15) is 0 Å². The molecule has 0 fully saturated rings. The van der Waals surface area contributed by atoms with E-state index in [4.69, 9.17) is 11.6 Å². The molecule has 0 radical (unpaired) electrons. The number of sulfonamides is 1. The van der Waals surface area contributed by atoms with Gasteiger partial charge in [0, 0.05) is 17.1 Å². The largest absolute Gasteiger partial charge is 0.469 e. The molecule has 23 heavy (non-hydrogen) atoms. The molecule has 7 heteroatoms. The van der Waals surface area contributed by atoms with E-state index in [9.17, 15) is 13.2 Å². The zero-order chi connectivity index (χ0) is 16.9. The van der Waals surface area contributed by atoms with Crippen molar-refractivity contribution in [3.05, 3.63) is 59.1 Å². The minimum absolute atomic E-state index is 0.147. The number of rotatable bonds is 6. The third-order valence-electron chi connectivity index (χ3n) is 3.18. The summed E-state index contributed by atoms with van der Waals surface area (Å²) < 4.78 is 31.6. The molecule has 2 rings (SSSR count). The number of hydrogen-bond acceptors (Lipinski definition) is 4. The Kier molecular flexibility index (Phi) is 5.63. The number of nitrogens with one attached hydrogen (secondary N) is 1. The van der Waals surface area contributed by atoms with Crippen LogP contribution in [0, 0.1) is 0 Å². The lowest BCUT2D eigenvalue weighted by atomic mass is 10.1. The van der Waals surface area contributed by atoms with Crippen molar-refractivity contribution in [3.63, 3.8) is 0 Å². The van der Waals surface area contributed by atoms with Crippen LogP contribution in [0.25, 0.3) is 0 Å². The second kappa shape index (κ2) is 7.48. The van der Waals surface area contributed by atoms with Crippen LogP contribution in [0.1, 0.15) is 12.0 Å². The van der Waals surface area contributed by atoms with Gasteiger partial charge in [0.2, 0.25) is 0 Å². The molecule has 0 aliphatic heterocycles. The Morgan fingerprint density at radius 2 is 1.70 bits per heavy atom. The highest BCUT2D eigenvalue weighted by molar-refractivity contribution is 7.92. The summed E-state index contributed by atoms with van der Waals surface area (Å²) in [6.45, 7) is 0. The van der Waals surface area contributed by atoms with Crippen molar-refractivity contribution < 1.29 is 17.9 Å². The van der Waals surface area contributed by atoms with E-state index in [-0.39, 0.29) is 17.3 Å². The number of benzene rings is 2. The molecule has 0 amide bonds. The summed E-state index contributed by atoms with van der Waals surface area (Å²) in [5.41, 5.74) is 1.30. The molecule has 2 aromatic rings. The lowest BCUT2D eigenvalue weighted by Crippen LogP contribution is -2.12. The van der Waals surface area contributed by atoms with Crippen LogP contribution in [0.3, 0.4) is 0 Å². The Morgan fingerprint density at radius 3 is 2.26 bits per heavy atom. The molecule has 0 spiro atoms. The molecule has 0 unspecified atom stereocenters. The molecule has 0 heterocycles. The maximum absolute atomic E-state index is 12.3. The fourth-order valence-corrected chi connectivity index (χ4v) is 3.10. The Bertz CT molecular complexity index is 771. The monoisotopic (exact) mass is 353 g/mol. The molecule has 5 nitrogen and oxygen atoms in total. The minimum atomic E-state index is -3.66. The van der Waals surface area contributed by atoms with Crippen LogP contribution < -0.4 is 4.72 Å². The molecule has 1 N–H and O–H groups in total. The quantitative estimate of drug-likeness (QED) is 0.809. The number of hydrogen-bond donors (Lipinski definition) is 1.